The van der Waals surface area contributed by atoms with Gasteiger partial charge >= 0.3 is 6.09 Å². The SMILES string of the molecule is CC(C)(C)OC(=O)N1CC(OCC(=O)N2CCC[C@@H]2c2cccc3c2OCCO3)C1. The van der Waals surface area contributed by atoms with Crippen LogP contribution in [0.15, 0.2) is 18.2 Å². The number of carbonyl (C=O) groups excluding carboxylic acids is 2. The van der Waals surface area contributed by atoms with Crippen molar-refractivity contribution in [1.82, 2.24) is 9.80 Å². The molecule has 8 nitrogen and oxygen atoms in total. The van der Waals surface area contributed by atoms with Gasteiger partial charge in [-0.2, -0.15) is 0 Å². The summed E-state index contributed by atoms with van der Waals surface area (Å²) in [7, 11) is 0. The highest BCUT2D eigenvalue weighted by atomic mass is 16.6. The summed E-state index contributed by atoms with van der Waals surface area (Å²) in [5.74, 6) is 1.45. The fourth-order valence-corrected chi connectivity index (χ4v) is 4.04. The number of nitrogens with zero attached hydrogens (tertiary/aromatic N) is 2. The van der Waals surface area contributed by atoms with Crippen LogP contribution in [-0.4, -0.2) is 73.0 Å². The third-order valence-corrected chi connectivity index (χ3v) is 5.47. The lowest BCUT2D eigenvalue weighted by Gasteiger charge is -2.39. The third-order valence-electron chi connectivity index (χ3n) is 5.47. The predicted molar refractivity (Wildman–Crippen MR) is 109 cm³/mol. The van der Waals surface area contributed by atoms with Crippen LogP contribution in [0.1, 0.15) is 45.2 Å². The molecule has 1 aromatic rings. The summed E-state index contributed by atoms with van der Waals surface area (Å²) in [4.78, 5) is 28.3. The second-order valence-electron chi connectivity index (χ2n) is 8.93. The van der Waals surface area contributed by atoms with Crippen LogP contribution in [0.25, 0.3) is 0 Å². The summed E-state index contributed by atoms with van der Waals surface area (Å²) in [6, 6.07) is 5.82. The third kappa shape index (κ3) is 4.48. The highest BCUT2D eigenvalue weighted by molar-refractivity contribution is 5.78. The second-order valence-corrected chi connectivity index (χ2v) is 8.93. The Morgan fingerprint density at radius 2 is 1.93 bits per heavy atom. The van der Waals surface area contributed by atoms with E-state index in [2.05, 4.69) is 0 Å². The van der Waals surface area contributed by atoms with Crippen molar-refractivity contribution < 1.29 is 28.5 Å². The molecule has 0 aromatic heterocycles. The zero-order valence-corrected chi connectivity index (χ0v) is 17.9. The molecule has 1 aromatic carbocycles. The minimum Gasteiger partial charge on any atom is -0.486 e. The summed E-state index contributed by atoms with van der Waals surface area (Å²) in [5, 5.41) is 0. The minimum atomic E-state index is -0.519. The number of amides is 2. The van der Waals surface area contributed by atoms with E-state index in [1.165, 1.54) is 0 Å². The molecule has 0 aliphatic carbocycles. The number of rotatable bonds is 4. The fourth-order valence-electron chi connectivity index (χ4n) is 4.04. The molecule has 0 spiro atoms. The van der Waals surface area contributed by atoms with Gasteiger partial charge in [-0.1, -0.05) is 12.1 Å². The molecule has 3 aliphatic rings. The van der Waals surface area contributed by atoms with Crippen LogP contribution in [0.5, 0.6) is 11.5 Å². The Hall–Kier alpha value is -2.48. The molecule has 0 unspecified atom stereocenters. The number of para-hydroxylation sites is 1. The minimum absolute atomic E-state index is 0.00963. The van der Waals surface area contributed by atoms with Gasteiger partial charge < -0.3 is 28.7 Å². The first-order valence-corrected chi connectivity index (χ1v) is 10.6. The average Bonchev–Trinajstić information content (AvgIpc) is 3.14. The fraction of sp³-hybridized carbons (Fsp3) is 0.636. The standard InChI is InChI=1S/C22H30N2O6/c1-22(2,3)30-21(26)23-12-15(13-23)29-14-19(25)24-9-5-7-17(24)16-6-4-8-18-20(16)28-11-10-27-18/h4,6,8,15,17H,5,7,9-14H2,1-3H3/t17-/m1/s1. The Morgan fingerprint density at radius 1 is 1.17 bits per heavy atom. The van der Waals surface area contributed by atoms with E-state index in [0.29, 0.717) is 32.8 Å². The molecule has 3 heterocycles. The van der Waals surface area contributed by atoms with Gasteiger partial charge in [0.05, 0.1) is 25.2 Å². The lowest BCUT2D eigenvalue weighted by Crippen LogP contribution is -2.56. The van der Waals surface area contributed by atoms with Crippen molar-refractivity contribution in [2.24, 2.45) is 0 Å². The number of hydrogen-bond donors (Lipinski definition) is 0. The molecule has 0 radical (unpaired) electrons. The predicted octanol–water partition coefficient (Wildman–Crippen LogP) is 2.76. The summed E-state index contributed by atoms with van der Waals surface area (Å²) in [6.45, 7) is 8.18. The van der Waals surface area contributed by atoms with Crippen molar-refractivity contribution in [3.63, 3.8) is 0 Å². The van der Waals surface area contributed by atoms with Gasteiger partial charge in [-0.3, -0.25) is 4.79 Å². The smallest absolute Gasteiger partial charge is 0.410 e. The van der Waals surface area contributed by atoms with Crippen LogP contribution >= 0.6 is 0 Å². The zero-order chi connectivity index (χ0) is 21.3. The van der Waals surface area contributed by atoms with Gasteiger partial charge in [-0.25, -0.2) is 4.79 Å². The van der Waals surface area contributed by atoms with Crippen LogP contribution in [0.2, 0.25) is 0 Å². The van der Waals surface area contributed by atoms with E-state index in [1.54, 1.807) is 4.90 Å². The van der Waals surface area contributed by atoms with Gasteiger partial charge in [0.15, 0.2) is 11.5 Å². The Balaban J connectivity index is 1.30. The Labute approximate surface area is 177 Å². The number of likely N-dealkylation sites (tertiary alicyclic amines) is 2. The molecule has 4 rings (SSSR count). The van der Waals surface area contributed by atoms with E-state index in [1.807, 2.05) is 43.9 Å². The van der Waals surface area contributed by atoms with Gasteiger partial charge in [0.1, 0.15) is 25.4 Å². The van der Waals surface area contributed by atoms with Crippen molar-refractivity contribution in [2.45, 2.75) is 51.4 Å². The summed E-state index contributed by atoms with van der Waals surface area (Å²) in [5.41, 5.74) is 0.479. The summed E-state index contributed by atoms with van der Waals surface area (Å²) in [6.07, 6.45) is 1.35. The Morgan fingerprint density at radius 3 is 2.70 bits per heavy atom. The van der Waals surface area contributed by atoms with E-state index < -0.39 is 5.60 Å². The molecule has 0 bridgehead atoms. The quantitative estimate of drug-likeness (QED) is 0.748. The summed E-state index contributed by atoms with van der Waals surface area (Å²) < 4.78 is 22.6. The maximum Gasteiger partial charge on any atom is 0.410 e. The van der Waals surface area contributed by atoms with Crippen LogP contribution in [0, 0.1) is 0 Å². The lowest BCUT2D eigenvalue weighted by atomic mass is 10.0. The van der Waals surface area contributed by atoms with Crippen molar-refractivity contribution >= 4 is 12.0 Å². The maximum atomic E-state index is 12.9. The number of ether oxygens (including phenoxy) is 4. The molecule has 0 N–H and O–H groups in total. The van der Waals surface area contributed by atoms with Crippen molar-refractivity contribution in [3.05, 3.63) is 23.8 Å². The normalized spacial score (nSPS) is 21.4. The van der Waals surface area contributed by atoms with Crippen molar-refractivity contribution in [1.29, 1.82) is 0 Å². The van der Waals surface area contributed by atoms with Crippen LogP contribution in [0.4, 0.5) is 4.79 Å². The highest BCUT2D eigenvalue weighted by Gasteiger charge is 2.37. The van der Waals surface area contributed by atoms with Crippen LogP contribution in [-0.2, 0) is 14.3 Å². The first-order chi connectivity index (χ1) is 14.3. The van der Waals surface area contributed by atoms with Crippen molar-refractivity contribution in [2.75, 3.05) is 39.5 Å². The summed E-state index contributed by atoms with van der Waals surface area (Å²) >= 11 is 0. The zero-order valence-electron chi connectivity index (χ0n) is 17.9. The largest absolute Gasteiger partial charge is 0.486 e. The Bertz CT molecular complexity index is 799. The molecule has 2 saturated heterocycles. The molecule has 30 heavy (non-hydrogen) atoms. The molecule has 2 amide bonds. The first kappa shape index (κ1) is 20.8. The highest BCUT2D eigenvalue weighted by Crippen LogP contribution is 2.42. The number of benzene rings is 1. The van der Waals surface area contributed by atoms with E-state index in [-0.39, 0.29) is 30.8 Å². The molecule has 0 saturated carbocycles. The number of fused-ring (bicyclic) bond motifs is 1. The van der Waals surface area contributed by atoms with Crippen molar-refractivity contribution in [3.8, 4) is 11.5 Å². The molecular weight excluding hydrogens is 388 g/mol. The molecule has 1 atom stereocenters. The average molecular weight is 418 g/mol. The lowest BCUT2D eigenvalue weighted by molar-refractivity contribution is -0.143. The van der Waals surface area contributed by atoms with Gasteiger partial charge in [-0.15, -0.1) is 0 Å². The van der Waals surface area contributed by atoms with Gasteiger partial charge in [0.25, 0.3) is 0 Å². The van der Waals surface area contributed by atoms with E-state index in [0.717, 1.165) is 29.9 Å². The molecule has 164 valence electrons. The van der Waals surface area contributed by atoms with Crippen LogP contribution in [0.3, 0.4) is 0 Å². The molecular formula is C22H30N2O6. The van der Waals surface area contributed by atoms with E-state index >= 15 is 0 Å². The number of hydrogen-bond acceptors (Lipinski definition) is 6. The first-order valence-electron chi connectivity index (χ1n) is 10.6. The molecule has 8 heteroatoms. The topological polar surface area (TPSA) is 77.5 Å². The van der Waals surface area contributed by atoms with Gasteiger partial charge in [0, 0.05) is 12.1 Å². The van der Waals surface area contributed by atoms with Crippen LogP contribution < -0.4 is 9.47 Å². The maximum absolute atomic E-state index is 12.9. The van der Waals surface area contributed by atoms with E-state index in [4.69, 9.17) is 18.9 Å². The number of carbonyl (C=O) groups is 2. The second kappa shape index (κ2) is 8.34. The molecule has 3 aliphatic heterocycles. The Kier molecular flexibility index (Phi) is 5.77. The molecule has 2 fully saturated rings. The van der Waals surface area contributed by atoms with Gasteiger partial charge in [0.2, 0.25) is 5.91 Å². The monoisotopic (exact) mass is 418 g/mol. The van der Waals surface area contributed by atoms with Gasteiger partial charge in [-0.05, 0) is 39.7 Å². The van der Waals surface area contributed by atoms with E-state index in [9.17, 15) is 9.59 Å².